The number of aromatic hydroxyl groups is 1. The van der Waals surface area contributed by atoms with Crippen LogP contribution in [0.2, 0.25) is 0 Å². The second-order valence-corrected chi connectivity index (χ2v) is 6.88. The molecule has 0 atom stereocenters. The molecule has 1 aliphatic rings. The summed E-state index contributed by atoms with van der Waals surface area (Å²) in [6.45, 7) is 0.552. The fourth-order valence-electron chi connectivity index (χ4n) is 3.29. The van der Waals surface area contributed by atoms with Crippen molar-refractivity contribution in [2.75, 3.05) is 26.8 Å². The number of esters is 2. The summed E-state index contributed by atoms with van der Waals surface area (Å²) < 4.78 is 9.88. The fraction of sp³-hybridized carbons (Fsp3) is 0.318. The number of benzene rings is 2. The summed E-state index contributed by atoms with van der Waals surface area (Å²) in [6.07, 6.45) is 1.09. The van der Waals surface area contributed by atoms with Crippen molar-refractivity contribution in [2.45, 2.75) is 12.8 Å². The van der Waals surface area contributed by atoms with Gasteiger partial charge >= 0.3 is 11.9 Å². The van der Waals surface area contributed by atoms with E-state index in [-0.39, 0.29) is 30.2 Å². The molecule has 1 aliphatic heterocycles. The molecule has 7 nitrogen and oxygen atoms in total. The highest BCUT2D eigenvalue weighted by Gasteiger charge is 2.28. The molecule has 0 aromatic heterocycles. The molecule has 2 aromatic rings. The van der Waals surface area contributed by atoms with Crippen molar-refractivity contribution < 1.29 is 29.0 Å². The molecule has 0 unspecified atom stereocenters. The van der Waals surface area contributed by atoms with Crippen LogP contribution in [0.15, 0.2) is 48.5 Å². The maximum Gasteiger partial charge on any atom is 0.338 e. The molecule has 1 fully saturated rings. The normalized spacial score (nSPS) is 14.3. The highest BCUT2D eigenvalue weighted by Crippen LogP contribution is 2.22. The summed E-state index contributed by atoms with van der Waals surface area (Å²) in [6, 6.07) is 13.6. The molecule has 0 aliphatic carbocycles. The molecular weight excluding hydrogens is 374 g/mol. The lowest BCUT2D eigenvalue weighted by molar-refractivity contribution is -0.149. The van der Waals surface area contributed by atoms with Crippen LogP contribution in [0.3, 0.4) is 0 Å². The lowest BCUT2D eigenvalue weighted by Gasteiger charge is -2.30. The Kier molecular flexibility index (Phi) is 6.49. The third-order valence-electron chi connectivity index (χ3n) is 5.03. The maximum atomic E-state index is 12.3. The first-order valence-corrected chi connectivity index (χ1v) is 9.40. The number of ether oxygens (including phenoxy) is 2. The molecule has 0 bridgehead atoms. The smallest absolute Gasteiger partial charge is 0.338 e. The van der Waals surface area contributed by atoms with E-state index in [1.807, 2.05) is 0 Å². The molecule has 1 amide bonds. The monoisotopic (exact) mass is 397 g/mol. The van der Waals surface area contributed by atoms with Crippen LogP contribution in [0, 0.1) is 5.92 Å². The number of hydrogen-bond acceptors (Lipinski definition) is 6. The minimum Gasteiger partial charge on any atom is -0.508 e. The summed E-state index contributed by atoms with van der Waals surface area (Å²) in [7, 11) is 1.36. The minimum atomic E-state index is -0.569. The first-order chi connectivity index (χ1) is 14.0. The molecule has 29 heavy (non-hydrogen) atoms. The van der Waals surface area contributed by atoms with Crippen LogP contribution >= 0.6 is 0 Å². The molecule has 1 heterocycles. The van der Waals surface area contributed by atoms with E-state index in [0.717, 1.165) is 11.1 Å². The third-order valence-corrected chi connectivity index (χ3v) is 5.03. The summed E-state index contributed by atoms with van der Waals surface area (Å²) in [4.78, 5) is 37.6. The van der Waals surface area contributed by atoms with Crippen LogP contribution in [-0.4, -0.2) is 54.7 Å². The van der Waals surface area contributed by atoms with Crippen LogP contribution in [0.1, 0.15) is 23.2 Å². The van der Waals surface area contributed by atoms with Gasteiger partial charge in [-0.3, -0.25) is 9.59 Å². The molecule has 3 rings (SSSR count). The zero-order chi connectivity index (χ0) is 20.8. The van der Waals surface area contributed by atoms with E-state index in [0.29, 0.717) is 31.5 Å². The largest absolute Gasteiger partial charge is 0.508 e. The zero-order valence-corrected chi connectivity index (χ0v) is 16.2. The van der Waals surface area contributed by atoms with E-state index in [2.05, 4.69) is 0 Å². The van der Waals surface area contributed by atoms with Gasteiger partial charge in [-0.15, -0.1) is 0 Å². The summed E-state index contributed by atoms with van der Waals surface area (Å²) >= 11 is 0. The average Bonchev–Trinajstić information content (AvgIpc) is 2.77. The van der Waals surface area contributed by atoms with E-state index >= 15 is 0 Å². The number of piperidine rings is 1. The Balaban J connectivity index is 1.50. The number of phenolic OH excluding ortho intramolecular Hbond substituents is 1. The lowest BCUT2D eigenvalue weighted by Crippen LogP contribution is -2.42. The summed E-state index contributed by atoms with van der Waals surface area (Å²) in [5.74, 6) is -1.09. The minimum absolute atomic E-state index is 0.182. The van der Waals surface area contributed by atoms with Gasteiger partial charge in [-0.2, -0.15) is 0 Å². The van der Waals surface area contributed by atoms with Gasteiger partial charge in [0.25, 0.3) is 5.91 Å². The van der Waals surface area contributed by atoms with Gasteiger partial charge in [0.1, 0.15) is 5.75 Å². The van der Waals surface area contributed by atoms with Crippen molar-refractivity contribution in [3.05, 3.63) is 54.1 Å². The van der Waals surface area contributed by atoms with E-state index in [4.69, 9.17) is 9.47 Å². The van der Waals surface area contributed by atoms with Crippen molar-refractivity contribution in [1.29, 1.82) is 0 Å². The van der Waals surface area contributed by atoms with Crippen LogP contribution in [-0.2, 0) is 19.1 Å². The van der Waals surface area contributed by atoms with Gasteiger partial charge in [-0.25, -0.2) is 4.79 Å². The fourth-order valence-corrected chi connectivity index (χ4v) is 3.29. The number of nitrogens with zero attached hydrogens (tertiary/aromatic N) is 1. The van der Waals surface area contributed by atoms with Crippen molar-refractivity contribution >= 4 is 17.8 Å². The number of amides is 1. The number of rotatable bonds is 5. The molecule has 2 aromatic carbocycles. The summed E-state index contributed by atoms with van der Waals surface area (Å²) in [5.41, 5.74) is 2.16. The first kappa shape index (κ1) is 20.4. The van der Waals surface area contributed by atoms with Crippen LogP contribution in [0.5, 0.6) is 5.75 Å². The van der Waals surface area contributed by atoms with Gasteiger partial charge in [-0.1, -0.05) is 24.3 Å². The highest BCUT2D eigenvalue weighted by molar-refractivity contribution is 5.92. The van der Waals surface area contributed by atoms with Crippen LogP contribution in [0.4, 0.5) is 0 Å². The molecule has 0 spiro atoms. The molecule has 152 valence electrons. The van der Waals surface area contributed by atoms with E-state index in [9.17, 15) is 19.5 Å². The molecular formula is C22H23NO6. The van der Waals surface area contributed by atoms with Crippen molar-refractivity contribution in [3.63, 3.8) is 0 Å². The maximum absolute atomic E-state index is 12.3. The molecule has 0 radical (unpaired) electrons. The van der Waals surface area contributed by atoms with Crippen LogP contribution in [0.25, 0.3) is 11.1 Å². The lowest BCUT2D eigenvalue weighted by atomic mass is 9.97. The van der Waals surface area contributed by atoms with Crippen molar-refractivity contribution in [2.24, 2.45) is 5.92 Å². The van der Waals surface area contributed by atoms with E-state index in [1.165, 1.54) is 7.11 Å². The Morgan fingerprint density at radius 3 is 2.07 bits per heavy atom. The Hall–Kier alpha value is -3.35. The van der Waals surface area contributed by atoms with Crippen molar-refractivity contribution in [3.8, 4) is 16.9 Å². The molecule has 1 N–H and O–H groups in total. The van der Waals surface area contributed by atoms with Gasteiger partial charge in [0.2, 0.25) is 0 Å². The van der Waals surface area contributed by atoms with E-state index < -0.39 is 5.97 Å². The van der Waals surface area contributed by atoms with Gasteiger partial charge in [0.15, 0.2) is 6.61 Å². The average molecular weight is 397 g/mol. The molecule has 7 heteroatoms. The third kappa shape index (κ3) is 5.13. The Bertz CT molecular complexity index is 867. The SMILES string of the molecule is COC(=O)C1CCN(C(=O)COC(=O)c2ccc(-c3ccc(O)cc3)cc2)CC1. The second-order valence-electron chi connectivity index (χ2n) is 6.88. The topological polar surface area (TPSA) is 93.1 Å². The molecule has 0 saturated carbocycles. The van der Waals surface area contributed by atoms with Gasteiger partial charge in [0.05, 0.1) is 18.6 Å². The molecule has 1 saturated heterocycles. The van der Waals surface area contributed by atoms with Gasteiger partial charge in [-0.05, 0) is 48.2 Å². The quantitative estimate of drug-likeness (QED) is 0.780. The van der Waals surface area contributed by atoms with Gasteiger partial charge in [0, 0.05) is 13.1 Å². The van der Waals surface area contributed by atoms with Gasteiger partial charge < -0.3 is 19.5 Å². The van der Waals surface area contributed by atoms with E-state index in [1.54, 1.807) is 53.4 Å². The predicted octanol–water partition coefficient (Wildman–Crippen LogP) is 2.63. The standard InChI is InChI=1S/C22H23NO6/c1-28-21(26)18-10-12-23(13-11-18)20(25)14-29-22(27)17-4-2-15(3-5-17)16-6-8-19(24)9-7-16/h2-9,18,24H,10-14H2,1H3. The Morgan fingerprint density at radius 1 is 0.966 bits per heavy atom. The number of methoxy groups -OCH3 is 1. The predicted molar refractivity (Wildman–Crippen MR) is 105 cm³/mol. The number of phenols is 1. The number of carbonyl (C=O) groups excluding carboxylic acids is 3. The second kappa shape index (κ2) is 9.23. The van der Waals surface area contributed by atoms with Crippen molar-refractivity contribution in [1.82, 2.24) is 4.90 Å². The number of likely N-dealkylation sites (tertiary alicyclic amines) is 1. The highest BCUT2D eigenvalue weighted by atomic mass is 16.5. The Labute approximate surface area is 168 Å². The number of hydrogen-bond donors (Lipinski definition) is 1. The number of carbonyl (C=O) groups is 3. The summed E-state index contributed by atoms with van der Waals surface area (Å²) in [5, 5.41) is 9.35. The first-order valence-electron chi connectivity index (χ1n) is 9.40. The zero-order valence-electron chi connectivity index (χ0n) is 16.2. The van der Waals surface area contributed by atoms with Crippen LogP contribution < -0.4 is 0 Å². The Morgan fingerprint density at radius 2 is 1.52 bits per heavy atom.